The van der Waals surface area contributed by atoms with E-state index in [4.69, 9.17) is 4.74 Å². The number of nitrogens with zero attached hydrogens (tertiary/aromatic N) is 2. The van der Waals surface area contributed by atoms with Gasteiger partial charge in [0.05, 0.1) is 13.2 Å². The maximum Gasteiger partial charge on any atom is 0.0635 e. The molecule has 0 amide bonds. The summed E-state index contributed by atoms with van der Waals surface area (Å²) in [6.07, 6.45) is 3.85. The van der Waals surface area contributed by atoms with Crippen molar-refractivity contribution in [3.05, 3.63) is 29.6 Å². The van der Waals surface area contributed by atoms with E-state index >= 15 is 0 Å². The first kappa shape index (κ1) is 12.5. The standard InChI is InChI=1S/C13H21N3O/c1-11-5-12(7-15-6-11)9-16-3-4-17-10-13(16)8-14-2/h5-7,13-14H,3-4,8-10H2,1-2H3. The fourth-order valence-corrected chi connectivity index (χ4v) is 2.26. The summed E-state index contributed by atoms with van der Waals surface area (Å²) in [7, 11) is 1.99. The molecule has 1 atom stereocenters. The van der Waals surface area contributed by atoms with Crippen LogP contribution in [-0.2, 0) is 11.3 Å². The van der Waals surface area contributed by atoms with Gasteiger partial charge in [-0.05, 0) is 25.1 Å². The second-order valence-electron chi connectivity index (χ2n) is 4.63. The number of morpholine rings is 1. The fraction of sp³-hybridized carbons (Fsp3) is 0.615. The summed E-state index contributed by atoms with van der Waals surface area (Å²) in [5, 5.41) is 3.23. The smallest absolute Gasteiger partial charge is 0.0635 e. The van der Waals surface area contributed by atoms with Crippen LogP contribution in [0.5, 0.6) is 0 Å². The second-order valence-corrected chi connectivity index (χ2v) is 4.63. The molecule has 4 nitrogen and oxygen atoms in total. The highest BCUT2D eigenvalue weighted by Gasteiger charge is 2.22. The van der Waals surface area contributed by atoms with E-state index in [0.717, 1.165) is 32.8 Å². The number of hydrogen-bond donors (Lipinski definition) is 1. The van der Waals surface area contributed by atoms with Crippen molar-refractivity contribution < 1.29 is 4.74 Å². The molecule has 0 aromatic carbocycles. The molecule has 0 aliphatic carbocycles. The normalized spacial score (nSPS) is 21.6. The predicted molar refractivity (Wildman–Crippen MR) is 67.9 cm³/mol. The first-order chi connectivity index (χ1) is 8.29. The molecule has 1 aliphatic heterocycles. The van der Waals surface area contributed by atoms with E-state index in [-0.39, 0.29) is 0 Å². The third-order valence-electron chi connectivity index (χ3n) is 3.11. The van der Waals surface area contributed by atoms with Gasteiger partial charge in [-0.15, -0.1) is 0 Å². The lowest BCUT2D eigenvalue weighted by atomic mass is 10.1. The van der Waals surface area contributed by atoms with Crippen LogP contribution in [-0.4, -0.2) is 49.3 Å². The van der Waals surface area contributed by atoms with Crippen LogP contribution >= 0.6 is 0 Å². The van der Waals surface area contributed by atoms with E-state index in [9.17, 15) is 0 Å². The van der Waals surface area contributed by atoms with E-state index in [1.54, 1.807) is 0 Å². The summed E-state index contributed by atoms with van der Waals surface area (Å²) in [5.74, 6) is 0. The molecule has 0 spiro atoms. The Morgan fingerprint density at radius 1 is 1.53 bits per heavy atom. The third kappa shape index (κ3) is 3.49. The molecule has 1 aromatic heterocycles. The number of likely N-dealkylation sites (N-methyl/N-ethyl adjacent to an activating group) is 1. The van der Waals surface area contributed by atoms with Crippen molar-refractivity contribution in [1.29, 1.82) is 0 Å². The highest BCUT2D eigenvalue weighted by Crippen LogP contribution is 2.12. The van der Waals surface area contributed by atoms with Gasteiger partial charge >= 0.3 is 0 Å². The Morgan fingerprint density at radius 3 is 3.18 bits per heavy atom. The highest BCUT2D eigenvalue weighted by atomic mass is 16.5. The monoisotopic (exact) mass is 235 g/mol. The lowest BCUT2D eigenvalue weighted by Gasteiger charge is -2.35. The van der Waals surface area contributed by atoms with Gasteiger partial charge in [0, 0.05) is 38.1 Å². The van der Waals surface area contributed by atoms with E-state index in [1.807, 2.05) is 19.4 Å². The molecule has 1 aliphatic rings. The minimum atomic E-state index is 0.467. The van der Waals surface area contributed by atoms with Crippen LogP contribution in [0.3, 0.4) is 0 Å². The van der Waals surface area contributed by atoms with Gasteiger partial charge in [0.1, 0.15) is 0 Å². The Bertz CT molecular complexity index is 354. The number of hydrogen-bond acceptors (Lipinski definition) is 4. The van der Waals surface area contributed by atoms with Gasteiger partial charge in [0.25, 0.3) is 0 Å². The molecule has 0 bridgehead atoms. The van der Waals surface area contributed by atoms with Crippen LogP contribution in [0.25, 0.3) is 0 Å². The highest BCUT2D eigenvalue weighted by molar-refractivity contribution is 5.16. The summed E-state index contributed by atoms with van der Waals surface area (Å²) >= 11 is 0. The molecular weight excluding hydrogens is 214 g/mol. The number of ether oxygens (including phenoxy) is 1. The lowest BCUT2D eigenvalue weighted by molar-refractivity contribution is -0.0103. The maximum atomic E-state index is 5.53. The van der Waals surface area contributed by atoms with Crippen molar-refractivity contribution in [3.8, 4) is 0 Å². The third-order valence-corrected chi connectivity index (χ3v) is 3.11. The first-order valence-electron chi connectivity index (χ1n) is 6.16. The van der Waals surface area contributed by atoms with Crippen LogP contribution in [0, 0.1) is 6.92 Å². The largest absolute Gasteiger partial charge is 0.378 e. The van der Waals surface area contributed by atoms with Gasteiger partial charge in [-0.2, -0.15) is 0 Å². The molecule has 0 radical (unpaired) electrons. The van der Waals surface area contributed by atoms with Crippen molar-refractivity contribution in [2.24, 2.45) is 0 Å². The van der Waals surface area contributed by atoms with Gasteiger partial charge in [0.2, 0.25) is 0 Å². The summed E-state index contributed by atoms with van der Waals surface area (Å²) in [6, 6.07) is 2.67. The van der Waals surface area contributed by atoms with Crippen LogP contribution < -0.4 is 5.32 Å². The molecule has 2 rings (SSSR count). The van der Waals surface area contributed by atoms with E-state index in [0.29, 0.717) is 6.04 Å². The van der Waals surface area contributed by atoms with Gasteiger partial charge in [-0.1, -0.05) is 6.07 Å². The van der Waals surface area contributed by atoms with Crippen molar-refractivity contribution in [2.45, 2.75) is 19.5 Å². The number of nitrogens with one attached hydrogen (secondary N) is 1. The summed E-state index contributed by atoms with van der Waals surface area (Å²) in [6.45, 7) is 6.67. The van der Waals surface area contributed by atoms with E-state index in [2.05, 4.69) is 28.2 Å². The summed E-state index contributed by atoms with van der Waals surface area (Å²) in [4.78, 5) is 6.72. The number of rotatable bonds is 4. The quantitative estimate of drug-likeness (QED) is 0.838. The number of aryl methyl sites for hydroxylation is 1. The SMILES string of the molecule is CNCC1COCCN1Cc1cncc(C)c1. The van der Waals surface area contributed by atoms with Crippen molar-refractivity contribution in [1.82, 2.24) is 15.2 Å². The van der Waals surface area contributed by atoms with Crippen molar-refractivity contribution in [2.75, 3.05) is 33.4 Å². The number of pyridine rings is 1. The van der Waals surface area contributed by atoms with Crippen LogP contribution in [0.15, 0.2) is 18.5 Å². The first-order valence-corrected chi connectivity index (χ1v) is 6.16. The minimum absolute atomic E-state index is 0.467. The average molecular weight is 235 g/mol. The lowest BCUT2D eigenvalue weighted by Crippen LogP contribution is -2.49. The Balaban J connectivity index is 2.00. The average Bonchev–Trinajstić information content (AvgIpc) is 2.32. The van der Waals surface area contributed by atoms with Gasteiger partial charge in [0.15, 0.2) is 0 Å². The van der Waals surface area contributed by atoms with E-state index in [1.165, 1.54) is 11.1 Å². The van der Waals surface area contributed by atoms with Crippen LogP contribution in [0.1, 0.15) is 11.1 Å². The Morgan fingerprint density at radius 2 is 2.41 bits per heavy atom. The van der Waals surface area contributed by atoms with E-state index < -0.39 is 0 Å². The summed E-state index contributed by atoms with van der Waals surface area (Å²) in [5.41, 5.74) is 2.51. The predicted octanol–water partition coefficient (Wildman–Crippen LogP) is 0.810. The minimum Gasteiger partial charge on any atom is -0.378 e. The van der Waals surface area contributed by atoms with Crippen LogP contribution in [0.2, 0.25) is 0 Å². The Hall–Kier alpha value is -0.970. The zero-order chi connectivity index (χ0) is 12.1. The molecule has 0 saturated carbocycles. The van der Waals surface area contributed by atoms with Gasteiger partial charge in [-0.25, -0.2) is 0 Å². The zero-order valence-electron chi connectivity index (χ0n) is 10.6. The molecule has 94 valence electrons. The molecule has 1 saturated heterocycles. The summed E-state index contributed by atoms with van der Waals surface area (Å²) < 4.78 is 5.53. The van der Waals surface area contributed by atoms with Gasteiger partial charge in [-0.3, -0.25) is 9.88 Å². The molecule has 1 unspecified atom stereocenters. The second kappa shape index (κ2) is 6.10. The van der Waals surface area contributed by atoms with Crippen LogP contribution in [0.4, 0.5) is 0 Å². The molecule has 4 heteroatoms. The number of aromatic nitrogens is 1. The molecule has 1 N–H and O–H groups in total. The Labute approximate surface area is 103 Å². The topological polar surface area (TPSA) is 37.4 Å². The molecule has 2 heterocycles. The Kier molecular flexibility index (Phi) is 4.48. The molecule has 1 aromatic rings. The molecule has 17 heavy (non-hydrogen) atoms. The molecule has 1 fully saturated rings. The van der Waals surface area contributed by atoms with Gasteiger partial charge < -0.3 is 10.1 Å². The zero-order valence-corrected chi connectivity index (χ0v) is 10.6. The van der Waals surface area contributed by atoms with Crippen molar-refractivity contribution in [3.63, 3.8) is 0 Å². The fourth-order valence-electron chi connectivity index (χ4n) is 2.26. The van der Waals surface area contributed by atoms with Crippen molar-refractivity contribution >= 4 is 0 Å². The maximum absolute atomic E-state index is 5.53. The molecular formula is C13H21N3O.